The third-order valence-corrected chi connectivity index (χ3v) is 12.6. The predicted octanol–water partition coefficient (Wildman–Crippen LogP) is 6.92. The minimum absolute atomic E-state index is 0.316. The highest BCUT2D eigenvalue weighted by Gasteiger charge is 2.20. The van der Waals surface area contributed by atoms with Crippen molar-refractivity contribution >= 4 is 42.7 Å². The summed E-state index contributed by atoms with van der Waals surface area (Å²) in [5.41, 5.74) is 1.88. The van der Waals surface area contributed by atoms with Crippen LogP contribution in [0, 0.1) is 0 Å². The lowest BCUT2D eigenvalue weighted by molar-refractivity contribution is 0.415. The number of ether oxygens (including phenoxy) is 2. The average Bonchev–Trinajstić information content (AvgIpc) is 3.85. The Morgan fingerprint density at radius 1 is 0.524 bits per heavy atom. The smallest absolute Gasteiger partial charge is 0.277 e. The van der Waals surface area contributed by atoms with Crippen molar-refractivity contribution in [1.29, 1.82) is 0 Å². The molecule has 216 valence electrons. The molecule has 0 amide bonds. The summed E-state index contributed by atoms with van der Waals surface area (Å²) in [6.07, 6.45) is 6.11. The molecule has 4 heterocycles. The van der Waals surface area contributed by atoms with E-state index in [-0.39, 0.29) is 0 Å². The Kier molecular flexibility index (Phi) is 8.69. The third kappa shape index (κ3) is 6.21. The number of methoxy groups -OCH3 is 2. The monoisotopic (exact) mass is 638 g/mol. The predicted molar refractivity (Wildman–Crippen MR) is 167 cm³/mol. The topological polar surface area (TPSA) is 96.6 Å². The maximum Gasteiger partial charge on any atom is 0.277 e. The average molecular weight is 639 g/mol. The van der Waals surface area contributed by atoms with Crippen LogP contribution < -0.4 is 9.47 Å². The molecule has 6 aromatic rings. The second kappa shape index (κ2) is 12.4. The molecule has 2 aromatic carbocycles. The standard InChI is InChI=1S/2C15H13NO3S2/c2*1-19-13-6-4-5-12(11-13)14-7-8-15(20-14)21(17,18)16-9-2-3-10-16/h2*2-11H,1H3. The van der Waals surface area contributed by atoms with E-state index in [1.54, 1.807) is 50.6 Å². The lowest BCUT2D eigenvalue weighted by Gasteiger charge is -2.03. The van der Waals surface area contributed by atoms with Gasteiger partial charge in [-0.1, -0.05) is 24.3 Å². The Balaban J connectivity index is 0.000000168. The highest BCUT2D eigenvalue weighted by molar-refractivity contribution is 7.92. The van der Waals surface area contributed by atoms with Crippen molar-refractivity contribution < 1.29 is 26.3 Å². The van der Waals surface area contributed by atoms with Gasteiger partial charge in [-0.25, -0.2) is 7.94 Å². The van der Waals surface area contributed by atoms with Crippen LogP contribution in [-0.4, -0.2) is 39.0 Å². The van der Waals surface area contributed by atoms with E-state index in [0.717, 1.165) is 32.4 Å². The summed E-state index contributed by atoms with van der Waals surface area (Å²) in [5.74, 6) is 1.49. The molecule has 0 unspecified atom stereocenters. The SMILES string of the molecule is COc1cccc(-c2ccc(S(=O)(=O)n3cccc3)s2)c1.COc1cccc(-c2ccc(S(=O)(=O)n3cccc3)s2)c1. The van der Waals surface area contributed by atoms with Crippen LogP contribution in [0.25, 0.3) is 20.9 Å². The van der Waals surface area contributed by atoms with Gasteiger partial charge in [0.25, 0.3) is 20.0 Å². The van der Waals surface area contributed by atoms with Gasteiger partial charge in [0.15, 0.2) is 0 Å². The van der Waals surface area contributed by atoms with Crippen LogP contribution in [0.15, 0.2) is 130 Å². The second-order valence-electron chi connectivity index (χ2n) is 8.74. The molecule has 12 heteroatoms. The van der Waals surface area contributed by atoms with Crippen molar-refractivity contribution in [2.24, 2.45) is 0 Å². The maximum atomic E-state index is 12.4. The third-order valence-electron chi connectivity index (χ3n) is 6.09. The molecule has 0 saturated carbocycles. The Labute approximate surface area is 252 Å². The van der Waals surface area contributed by atoms with Crippen LogP contribution in [-0.2, 0) is 20.0 Å². The van der Waals surface area contributed by atoms with Gasteiger partial charge in [-0.05, 0) is 83.9 Å². The first-order valence-electron chi connectivity index (χ1n) is 12.5. The summed E-state index contributed by atoms with van der Waals surface area (Å²) in [7, 11) is -3.78. The lowest BCUT2D eigenvalue weighted by atomic mass is 10.2. The number of hydrogen-bond donors (Lipinski definition) is 0. The van der Waals surface area contributed by atoms with Gasteiger partial charge in [-0.2, -0.15) is 16.8 Å². The van der Waals surface area contributed by atoms with E-state index in [0.29, 0.717) is 8.42 Å². The van der Waals surface area contributed by atoms with E-state index in [2.05, 4.69) is 0 Å². The van der Waals surface area contributed by atoms with Crippen LogP contribution in [0.4, 0.5) is 0 Å². The molecule has 4 aromatic heterocycles. The van der Waals surface area contributed by atoms with Gasteiger partial charge in [0, 0.05) is 34.5 Å². The molecule has 0 aliphatic rings. The molecule has 0 spiro atoms. The van der Waals surface area contributed by atoms with Crippen molar-refractivity contribution in [3.8, 4) is 32.4 Å². The van der Waals surface area contributed by atoms with Gasteiger partial charge < -0.3 is 9.47 Å². The van der Waals surface area contributed by atoms with E-state index in [1.807, 2.05) is 60.7 Å². The lowest BCUT2D eigenvalue weighted by Crippen LogP contribution is -2.08. The van der Waals surface area contributed by atoms with E-state index >= 15 is 0 Å². The number of nitrogens with zero attached hydrogens (tertiary/aromatic N) is 2. The Hall–Kier alpha value is -4.10. The zero-order valence-electron chi connectivity index (χ0n) is 22.5. The summed E-state index contributed by atoms with van der Waals surface area (Å²) < 4.78 is 63.1. The molecule has 0 bridgehead atoms. The van der Waals surface area contributed by atoms with E-state index in [9.17, 15) is 16.8 Å². The molecule has 42 heavy (non-hydrogen) atoms. The van der Waals surface area contributed by atoms with E-state index in [1.165, 1.54) is 55.4 Å². The Bertz CT molecular complexity index is 1840. The summed E-state index contributed by atoms with van der Waals surface area (Å²) in [4.78, 5) is 1.78. The first-order valence-corrected chi connectivity index (χ1v) is 17.0. The Morgan fingerprint density at radius 2 is 0.905 bits per heavy atom. The molecule has 0 fully saturated rings. The molecule has 6 rings (SSSR count). The minimum Gasteiger partial charge on any atom is -0.497 e. The zero-order chi connectivity index (χ0) is 29.7. The first kappa shape index (κ1) is 29.4. The number of rotatable bonds is 8. The molecule has 0 aliphatic carbocycles. The van der Waals surface area contributed by atoms with Gasteiger partial charge in [-0.15, -0.1) is 22.7 Å². The summed E-state index contributed by atoms with van der Waals surface area (Å²) >= 11 is 2.49. The normalized spacial score (nSPS) is 11.5. The summed E-state index contributed by atoms with van der Waals surface area (Å²) in [6, 6.07) is 28.8. The van der Waals surface area contributed by atoms with Gasteiger partial charge in [0.05, 0.1) is 14.2 Å². The molecule has 0 radical (unpaired) electrons. The van der Waals surface area contributed by atoms with Gasteiger partial charge in [0.1, 0.15) is 19.9 Å². The van der Waals surface area contributed by atoms with Crippen molar-refractivity contribution in [1.82, 2.24) is 7.94 Å². The maximum absolute atomic E-state index is 12.4. The highest BCUT2D eigenvalue weighted by atomic mass is 32.3. The van der Waals surface area contributed by atoms with E-state index in [4.69, 9.17) is 9.47 Å². The van der Waals surface area contributed by atoms with Crippen LogP contribution >= 0.6 is 22.7 Å². The Morgan fingerprint density at radius 3 is 1.26 bits per heavy atom. The molecule has 0 saturated heterocycles. The van der Waals surface area contributed by atoms with Gasteiger partial charge in [-0.3, -0.25) is 0 Å². The van der Waals surface area contributed by atoms with Gasteiger partial charge >= 0.3 is 0 Å². The van der Waals surface area contributed by atoms with Crippen molar-refractivity contribution in [3.63, 3.8) is 0 Å². The fourth-order valence-corrected chi connectivity index (χ4v) is 9.13. The number of hydrogen-bond acceptors (Lipinski definition) is 8. The summed E-state index contributed by atoms with van der Waals surface area (Å²) in [6.45, 7) is 0. The largest absolute Gasteiger partial charge is 0.497 e. The first-order chi connectivity index (χ1) is 20.2. The molecule has 8 nitrogen and oxygen atoms in total. The second-order valence-corrected chi connectivity index (χ2v) is 15.0. The quantitative estimate of drug-likeness (QED) is 0.180. The molecular weight excluding hydrogens is 613 g/mol. The van der Waals surface area contributed by atoms with Gasteiger partial charge in [0.2, 0.25) is 0 Å². The number of thiophene rings is 2. The van der Waals surface area contributed by atoms with Crippen molar-refractivity contribution in [3.05, 3.63) is 122 Å². The fraction of sp³-hybridized carbons (Fsp3) is 0.0667. The molecular formula is C30H26N2O6S4. The number of benzene rings is 2. The van der Waals surface area contributed by atoms with Crippen LogP contribution in [0.5, 0.6) is 11.5 Å². The number of aromatic nitrogens is 2. The fourth-order valence-electron chi connectivity index (χ4n) is 3.95. The molecule has 0 aliphatic heterocycles. The van der Waals surface area contributed by atoms with Crippen LogP contribution in [0.1, 0.15) is 0 Å². The summed E-state index contributed by atoms with van der Waals surface area (Å²) in [5, 5.41) is 0. The minimum atomic E-state index is -3.49. The van der Waals surface area contributed by atoms with Crippen molar-refractivity contribution in [2.45, 2.75) is 8.42 Å². The highest BCUT2D eigenvalue weighted by Crippen LogP contribution is 2.34. The zero-order valence-corrected chi connectivity index (χ0v) is 25.8. The van der Waals surface area contributed by atoms with Crippen LogP contribution in [0.2, 0.25) is 0 Å². The van der Waals surface area contributed by atoms with Crippen molar-refractivity contribution in [2.75, 3.05) is 14.2 Å². The van der Waals surface area contributed by atoms with E-state index < -0.39 is 20.0 Å². The molecule has 0 atom stereocenters. The molecule has 0 N–H and O–H groups in total. The van der Waals surface area contributed by atoms with Crippen LogP contribution in [0.3, 0.4) is 0 Å².